The molecule has 92 valence electrons. The third kappa shape index (κ3) is 2.77. The van der Waals surface area contributed by atoms with Crippen molar-refractivity contribution in [1.82, 2.24) is 14.9 Å². The summed E-state index contributed by atoms with van der Waals surface area (Å²) >= 11 is 5.95. The number of hydrogen-bond donors (Lipinski definition) is 1. The van der Waals surface area contributed by atoms with E-state index in [0.717, 1.165) is 31.6 Å². The first-order valence-corrected chi connectivity index (χ1v) is 6.37. The van der Waals surface area contributed by atoms with E-state index in [9.17, 15) is 0 Å². The van der Waals surface area contributed by atoms with Crippen LogP contribution >= 0.6 is 11.6 Å². The fourth-order valence-electron chi connectivity index (χ4n) is 1.98. The Balaban J connectivity index is 2.66. The van der Waals surface area contributed by atoms with Gasteiger partial charge >= 0.3 is 0 Å². The summed E-state index contributed by atoms with van der Waals surface area (Å²) in [7, 11) is 1.94. The molecule has 3 nitrogen and oxygen atoms in total. The van der Waals surface area contributed by atoms with Gasteiger partial charge in [0.25, 0.3) is 0 Å². The molecule has 0 radical (unpaired) electrons. The van der Waals surface area contributed by atoms with Gasteiger partial charge in [-0.1, -0.05) is 32.4 Å². The van der Waals surface area contributed by atoms with Gasteiger partial charge in [0, 0.05) is 12.6 Å². The summed E-state index contributed by atoms with van der Waals surface area (Å²) in [6, 6.07) is 0. The zero-order valence-corrected chi connectivity index (χ0v) is 11.4. The predicted molar refractivity (Wildman–Crippen MR) is 68.7 cm³/mol. The van der Waals surface area contributed by atoms with Crippen molar-refractivity contribution in [2.45, 2.75) is 52.1 Å². The average Bonchev–Trinajstić information content (AvgIpc) is 2.63. The molecule has 0 aromatic carbocycles. The van der Waals surface area contributed by atoms with Gasteiger partial charge in [0.05, 0.1) is 12.7 Å². The van der Waals surface area contributed by atoms with Crippen molar-refractivity contribution in [1.29, 1.82) is 0 Å². The lowest BCUT2D eigenvalue weighted by Gasteiger charge is -2.31. The first-order chi connectivity index (χ1) is 7.58. The Morgan fingerprint density at radius 1 is 1.31 bits per heavy atom. The second-order valence-corrected chi connectivity index (χ2v) is 4.64. The minimum Gasteiger partial charge on any atom is -0.321 e. The van der Waals surface area contributed by atoms with Crippen LogP contribution in [-0.2, 0) is 13.6 Å². The topological polar surface area (TPSA) is 29.9 Å². The summed E-state index contributed by atoms with van der Waals surface area (Å²) in [6.07, 6.45) is 5.11. The van der Waals surface area contributed by atoms with Gasteiger partial charge < -0.3 is 9.88 Å². The smallest absolute Gasteiger partial charge is 0.128 e. The Labute approximate surface area is 103 Å². The normalized spacial score (nSPS) is 12.1. The van der Waals surface area contributed by atoms with Crippen LogP contribution in [0.5, 0.6) is 0 Å². The number of hydrogen-bond acceptors (Lipinski definition) is 2. The van der Waals surface area contributed by atoms with Crippen molar-refractivity contribution in [3.8, 4) is 0 Å². The number of halogens is 1. The maximum absolute atomic E-state index is 5.95. The number of imidazole rings is 1. The number of nitrogens with one attached hydrogen (secondary N) is 1. The van der Waals surface area contributed by atoms with Gasteiger partial charge in [-0.2, -0.15) is 0 Å². The quantitative estimate of drug-likeness (QED) is 0.832. The van der Waals surface area contributed by atoms with E-state index in [0.29, 0.717) is 5.15 Å². The van der Waals surface area contributed by atoms with E-state index in [1.54, 1.807) is 6.20 Å². The Morgan fingerprint density at radius 2 is 1.88 bits per heavy atom. The number of rotatable bonds is 6. The lowest BCUT2D eigenvalue weighted by molar-refractivity contribution is 0.284. The molecule has 0 fully saturated rings. The monoisotopic (exact) mass is 243 g/mol. The maximum Gasteiger partial charge on any atom is 0.128 e. The van der Waals surface area contributed by atoms with E-state index in [1.165, 1.54) is 0 Å². The fraction of sp³-hybridized carbons (Fsp3) is 0.750. The lowest BCUT2D eigenvalue weighted by atomic mass is 9.90. The zero-order valence-electron chi connectivity index (χ0n) is 10.7. The van der Waals surface area contributed by atoms with Crippen LogP contribution in [0, 0.1) is 0 Å². The van der Waals surface area contributed by atoms with Gasteiger partial charge in [-0.05, 0) is 19.3 Å². The minimum absolute atomic E-state index is 0.235. The second-order valence-electron chi connectivity index (χ2n) is 4.25. The van der Waals surface area contributed by atoms with Crippen LogP contribution in [0.25, 0.3) is 0 Å². The van der Waals surface area contributed by atoms with Crippen LogP contribution in [0.15, 0.2) is 6.20 Å². The van der Waals surface area contributed by atoms with Crippen molar-refractivity contribution in [2.24, 2.45) is 7.05 Å². The Bertz CT molecular complexity index is 321. The SMILES string of the molecule is CCC(CC)(CC)NCc1ncc(Cl)n1C. The van der Waals surface area contributed by atoms with Crippen LogP contribution in [0.1, 0.15) is 45.9 Å². The number of aromatic nitrogens is 2. The molecule has 0 amide bonds. The fourth-order valence-corrected chi connectivity index (χ4v) is 2.13. The highest BCUT2D eigenvalue weighted by Crippen LogP contribution is 2.20. The van der Waals surface area contributed by atoms with Gasteiger partial charge in [-0.15, -0.1) is 0 Å². The Morgan fingerprint density at radius 3 is 2.25 bits per heavy atom. The molecule has 0 saturated carbocycles. The lowest BCUT2D eigenvalue weighted by Crippen LogP contribution is -2.43. The Kier molecular flexibility index (Phi) is 4.81. The summed E-state index contributed by atoms with van der Waals surface area (Å²) < 4.78 is 1.92. The molecule has 1 N–H and O–H groups in total. The van der Waals surface area contributed by atoms with Crippen LogP contribution in [0.4, 0.5) is 0 Å². The highest BCUT2D eigenvalue weighted by atomic mass is 35.5. The molecule has 1 rings (SSSR count). The first-order valence-electron chi connectivity index (χ1n) is 5.99. The number of nitrogens with zero attached hydrogens (tertiary/aromatic N) is 2. The predicted octanol–water partition coefficient (Wildman–Crippen LogP) is 3.13. The summed E-state index contributed by atoms with van der Waals surface area (Å²) in [4.78, 5) is 4.29. The Hall–Kier alpha value is -0.540. The van der Waals surface area contributed by atoms with Crippen molar-refractivity contribution < 1.29 is 0 Å². The van der Waals surface area contributed by atoms with E-state index in [1.807, 2.05) is 11.6 Å². The molecule has 0 atom stereocenters. The molecular formula is C12H22ClN3. The molecule has 1 aromatic heterocycles. The molecule has 0 aliphatic rings. The third-order valence-electron chi connectivity index (χ3n) is 3.68. The largest absolute Gasteiger partial charge is 0.321 e. The van der Waals surface area contributed by atoms with E-state index >= 15 is 0 Å². The van der Waals surface area contributed by atoms with E-state index in [-0.39, 0.29) is 5.54 Å². The van der Waals surface area contributed by atoms with E-state index in [4.69, 9.17) is 11.6 Å². The standard InChI is InChI=1S/C12H22ClN3/c1-5-12(6-2,7-3)15-9-11-14-8-10(13)16(11)4/h8,15H,5-7,9H2,1-4H3. The highest BCUT2D eigenvalue weighted by molar-refractivity contribution is 6.29. The van der Waals surface area contributed by atoms with Crippen molar-refractivity contribution in [2.75, 3.05) is 0 Å². The van der Waals surface area contributed by atoms with Gasteiger partial charge in [0.15, 0.2) is 0 Å². The molecule has 16 heavy (non-hydrogen) atoms. The molecule has 0 spiro atoms. The van der Waals surface area contributed by atoms with E-state index < -0.39 is 0 Å². The summed E-state index contributed by atoms with van der Waals surface area (Å²) in [5.41, 5.74) is 0.235. The summed E-state index contributed by atoms with van der Waals surface area (Å²) in [5, 5.41) is 4.30. The van der Waals surface area contributed by atoms with E-state index in [2.05, 4.69) is 31.1 Å². The molecule has 0 bridgehead atoms. The minimum atomic E-state index is 0.235. The average molecular weight is 244 g/mol. The summed E-state index contributed by atoms with van der Waals surface area (Å²) in [6.45, 7) is 7.46. The molecule has 4 heteroatoms. The van der Waals surface area contributed by atoms with Crippen LogP contribution < -0.4 is 5.32 Å². The molecule has 0 aliphatic carbocycles. The molecule has 1 heterocycles. The second kappa shape index (κ2) is 5.69. The molecule has 0 unspecified atom stereocenters. The first kappa shape index (κ1) is 13.5. The zero-order chi connectivity index (χ0) is 12.2. The van der Waals surface area contributed by atoms with Crippen molar-refractivity contribution in [3.63, 3.8) is 0 Å². The molecule has 0 saturated heterocycles. The third-order valence-corrected chi connectivity index (χ3v) is 4.03. The molecule has 0 aliphatic heterocycles. The van der Waals surface area contributed by atoms with Gasteiger partial charge in [-0.3, -0.25) is 0 Å². The molecular weight excluding hydrogens is 222 g/mol. The van der Waals surface area contributed by atoms with Crippen molar-refractivity contribution >= 4 is 11.6 Å². The van der Waals surface area contributed by atoms with Crippen LogP contribution in [0.2, 0.25) is 5.15 Å². The van der Waals surface area contributed by atoms with Gasteiger partial charge in [-0.25, -0.2) is 4.98 Å². The summed E-state index contributed by atoms with van der Waals surface area (Å²) in [5.74, 6) is 0.990. The molecule has 1 aromatic rings. The van der Waals surface area contributed by atoms with Crippen molar-refractivity contribution in [3.05, 3.63) is 17.2 Å². The van der Waals surface area contributed by atoms with Gasteiger partial charge in [0.1, 0.15) is 11.0 Å². The van der Waals surface area contributed by atoms with Crippen LogP contribution in [0.3, 0.4) is 0 Å². The highest BCUT2D eigenvalue weighted by Gasteiger charge is 2.23. The van der Waals surface area contributed by atoms with Gasteiger partial charge in [0.2, 0.25) is 0 Å². The van der Waals surface area contributed by atoms with Crippen LogP contribution in [-0.4, -0.2) is 15.1 Å². The maximum atomic E-state index is 5.95.